The number of aromatic nitrogens is 1. The van der Waals surface area contributed by atoms with Crippen LogP contribution in [0.15, 0.2) is 24.8 Å². The first-order valence-electron chi connectivity index (χ1n) is 3.87. The van der Waals surface area contributed by atoms with E-state index in [0.717, 1.165) is 12.0 Å². The maximum atomic E-state index is 5.20. The van der Waals surface area contributed by atoms with Gasteiger partial charge in [-0.25, -0.2) is 4.98 Å². The predicted molar refractivity (Wildman–Crippen MR) is 44.0 cm³/mol. The summed E-state index contributed by atoms with van der Waals surface area (Å²) >= 11 is 0. The molecule has 1 aromatic heterocycles. The number of hydrogen-bond donors (Lipinski definition) is 0. The van der Waals surface area contributed by atoms with E-state index in [-0.39, 0.29) is 0 Å². The van der Waals surface area contributed by atoms with Crippen LogP contribution in [-0.4, -0.2) is 4.98 Å². The SMILES string of the molecule is CCc1cnc2c(c1)OC=CO2. The standard InChI is InChI=1S/C9H9NO2/c1-2-7-5-8-9(10-6-7)12-4-3-11-8/h3-6H,2H2,1H3. The first-order valence-corrected chi connectivity index (χ1v) is 3.87. The summed E-state index contributed by atoms with van der Waals surface area (Å²) in [7, 11) is 0. The van der Waals surface area contributed by atoms with Crippen molar-refractivity contribution in [3.63, 3.8) is 0 Å². The van der Waals surface area contributed by atoms with Gasteiger partial charge in [-0.3, -0.25) is 0 Å². The molecule has 0 aliphatic carbocycles. The summed E-state index contributed by atoms with van der Waals surface area (Å²) in [5.74, 6) is 1.23. The molecule has 0 saturated heterocycles. The normalized spacial score (nSPS) is 13.1. The van der Waals surface area contributed by atoms with Crippen molar-refractivity contribution in [3.8, 4) is 11.6 Å². The minimum Gasteiger partial charge on any atom is -0.456 e. The fourth-order valence-corrected chi connectivity index (χ4v) is 1.03. The smallest absolute Gasteiger partial charge is 0.262 e. The monoisotopic (exact) mass is 163 g/mol. The third-order valence-electron chi connectivity index (χ3n) is 1.71. The molecule has 0 unspecified atom stereocenters. The Balaban J connectivity index is 2.39. The van der Waals surface area contributed by atoms with Crippen molar-refractivity contribution < 1.29 is 9.47 Å². The molecule has 0 atom stereocenters. The Kier molecular flexibility index (Phi) is 1.70. The molecule has 62 valence electrons. The molecule has 1 aliphatic rings. The lowest BCUT2D eigenvalue weighted by molar-refractivity contribution is 0.349. The van der Waals surface area contributed by atoms with Crippen LogP contribution in [0.25, 0.3) is 0 Å². The third kappa shape index (κ3) is 1.13. The van der Waals surface area contributed by atoms with Crippen molar-refractivity contribution in [1.82, 2.24) is 4.98 Å². The Morgan fingerprint density at radius 3 is 3.00 bits per heavy atom. The van der Waals surface area contributed by atoms with Gasteiger partial charge in [-0.15, -0.1) is 0 Å². The van der Waals surface area contributed by atoms with Gasteiger partial charge in [0.1, 0.15) is 12.5 Å². The average molecular weight is 163 g/mol. The fourth-order valence-electron chi connectivity index (χ4n) is 1.03. The first kappa shape index (κ1) is 7.16. The van der Waals surface area contributed by atoms with Crippen molar-refractivity contribution in [1.29, 1.82) is 0 Å². The van der Waals surface area contributed by atoms with Crippen molar-refractivity contribution >= 4 is 0 Å². The van der Waals surface area contributed by atoms with E-state index in [0.29, 0.717) is 11.6 Å². The largest absolute Gasteiger partial charge is 0.456 e. The van der Waals surface area contributed by atoms with E-state index in [9.17, 15) is 0 Å². The van der Waals surface area contributed by atoms with Crippen LogP contribution in [0.3, 0.4) is 0 Å². The molecule has 0 saturated carbocycles. The fraction of sp³-hybridized carbons (Fsp3) is 0.222. The highest BCUT2D eigenvalue weighted by Crippen LogP contribution is 2.28. The number of rotatable bonds is 1. The molecule has 12 heavy (non-hydrogen) atoms. The van der Waals surface area contributed by atoms with E-state index in [2.05, 4.69) is 11.9 Å². The summed E-state index contributed by atoms with van der Waals surface area (Å²) in [4.78, 5) is 4.09. The Labute approximate surface area is 70.6 Å². The van der Waals surface area contributed by atoms with Gasteiger partial charge in [-0.2, -0.15) is 0 Å². The Hall–Kier alpha value is -1.51. The minimum absolute atomic E-state index is 0.537. The maximum absolute atomic E-state index is 5.20. The van der Waals surface area contributed by atoms with Crippen LogP contribution >= 0.6 is 0 Å². The van der Waals surface area contributed by atoms with Gasteiger partial charge < -0.3 is 9.47 Å². The van der Waals surface area contributed by atoms with E-state index < -0.39 is 0 Å². The second-order valence-electron chi connectivity index (χ2n) is 2.51. The zero-order valence-electron chi connectivity index (χ0n) is 6.78. The molecule has 0 N–H and O–H groups in total. The molecule has 0 bridgehead atoms. The highest BCUT2D eigenvalue weighted by Gasteiger charge is 2.09. The van der Waals surface area contributed by atoms with Crippen LogP contribution in [0.4, 0.5) is 0 Å². The Morgan fingerprint density at radius 1 is 1.33 bits per heavy atom. The molecule has 1 aliphatic heterocycles. The summed E-state index contributed by atoms with van der Waals surface area (Å²) in [6.07, 6.45) is 5.72. The highest BCUT2D eigenvalue weighted by atomic mass is 16.5. The second-order valence-corrected chi connectivity index (χ2v) is 2.51. The van der Waals surface area contributed by atoms with Crippen LogP contribution in [0.5, 0.6) is 11.6 Å². The number of aryl methyl sites for hydroxylation is 1. The lowest BCUT2D eigenvalue weighted by Gasteiger charge is -2.11. The van der Waals surface area contributed by atoms with Crippen LogP contribution in [0.2, 0.25) is 0 Å². The summed E-state index contributed by atoms with van der Waals surface area (Å²) in [5.41, 5.74) is 1.15. The van der Waals surface area contributed by atoms with Gasteiger partial charge in [0.15, 0.2) is 5.75 Å². The minimum atomic E-state index is 0.537. The van der Waals surface area contributed by atoms with Crippen LogP contribution in [0.1, 0.15) is 12.5 Å². The summed E-state index contributed by atoms with van der Waals surface area (Å²) in [6.45, 7) is 2.07. The van der Waals surface area contributed by atoms with Crippen molar-refractivity contribution in [2.45, 2.75) is 13.3 Å². The number of fused-ring (bicyclic) bond motifs is 1. The Morgan fingerprint density at radius 2 is 2.17 bits per heavy atom. The zero-order valence-corrected chi connectivity index (χ0v) is 6.78. The van der Waals surface area contributed by atoms with Crippen molar-refractivity contribution in [3.05, 3.63) is 30.4 Å². The molecular formula is C9H9NO2. The molecular weight excluding hydrogens is 154 g/mol. The van der Waals surface area contributed by atoms with Crippen LogP contribution in [-0.2, 0) is 6.42 Å². The molecule has 0 aromatic carbocycles. The molecule has 1 aromatic rings. The molecule has 3 nitrogen and oxygen atoms in total. The average Bonchev–Trinajstić information content (AvgIpc) is 2.17. The molecule has 2 heterocycles. The predicted octanol–water partition coefficient (Wildman–Crippen LogP) is 1.89. The lowest BCUT2D eigenvalue weighted by atomic mass is 10.2. The number of pyridine rings is 1. The quantitative estimate of drug-likeness (QED) is 0.633. The summed E-state index contributed by atoms with van der Waals surface area (Å²) < 4.78 is 10.3. The van der Waals surface area contributed by atoms with E-state index >= 15 is 0 Å². The molecule has 0 fully saturated rings. The highest BCUT2D eigenvalue weighted by molar-refractivity contribution is 5.38. The maximum Gasteiger partial charge on any atom is 0.262 e. The number of nitrogens with zero attached hydrogens (tertiary/aromatic N) is 1. The van der Waals surface area contributed by atoms with Gasteiger partial charge in [0, 0.05) is 6.20 Å². The van der Waals surface area contributed by atoms with E-state index in [4.69, 9.17) is 9.47 Å². The third-order valence-corrected chi connectivity index (χ3v) is 1.71. The second kappa shape index (κ2) is 2.85. The summed E-state index contributed by atoms with van der Waals surface area (Å²) in [6, 6.07) is 1.94. The zero-order chi connectivity index (χ0) is 8.39. The van der Waals surface area contributed by atoms with Gasteiger partial charge in [0.2, 0.25) is 0 Å². The van der Waals surface area contributed by atoms with Crippen molar-refractivity contribution in [2.24, 2.45) is 0 Å². The van der Waals surface area contributed by atoms with Gasteiger partial charge in [-0.1, -0.05) is 6.92 Å². The molecule has 2 rings (SSSR count). The van der Waals surface area contributed by atoms with Crippen LogP contribution < -0.4 is 9.47 Å². The lowest BCUT2D eigenvalue weighted by Crippen LogP contribution is -1.99. The summed E-state index contributed by atoms with van der Waals surface area (Å²) in [5, 5.41) is 0. The molecule has 0 radical (unpaired) electrons. The molecule has 3 heteroatoms. The van der Waals surface area contributed by atoms with E-state index in [1.807, 2.05) is 6.07 Å². The van der Waals surface area contributed by atoms with E-state index in [1.54, 1.807) is 6.20 Å². The van der Waals surface area contributed by atoms with Crippen molar-refractivity contribution in [2.75, 3.05) is 0 Å². The number of hydrogen-bond acceptors (Lipinski definition) is 3. The Bertz CT molecular complexity index is 320. The van der Waals surface area contributed by atoms with Crippen LogP contribution in [0, 0.1) is 0 Å². The van der Waals surface area contributed by atoms with E-state index in [1.165, 1.54) is 12.5 Å². The van der Waals surface area contributed by atoms with Gasteiger partial charge in [-0.05, 0) is 18.1 Å². The topological polar surface area (TPSA) is 31.4 Å². The number of ether oxygens (including phenoxy) is 2. The van der Waals surface area contributed by atoms with Gasteiger partial charge in [0.25, 0.3) is 5.88 Å². The first-order chi connectivity index (χ1) is 5.90. The van der Waals surface area contributed by atoms with Gasteiger partial charge >= 0.3 is 0 Å². The van der Waals surface area contributed by atoms with Gasteiger partial charge in [0.05, 0.1) is 0 Å². The molecule has 0 spiro atoms. The molecule has 0 amide bonds.